The van der Waals surface area contributed by atoms with Gasteiger partial charge in [-0.05, 0) is 54.5 Å². The SMILES string of the molecule is CCc1ccc2c(c1)C(C)(c1cc(CC)c(O)c(CC)c1)C(C)C(C)O2. The summed E-state index contributed by atoms with van der Waals surface area (Å²) in [6.07, 6.45) is 2.84. The van der Waals surface area contributed by atoms with Crippen molar-refractivity contribution in [2.75, 3.05) is 0 Å². The Morgan fingerprint density at radius 1 is 0.962 bits per heavy atom. The highest BCUT2D eigenvalue weighted by Gasteiger charge is 2.44. The molecular weight excluding hydrogens is 320 g/mol. The fourth-order valence-corrected chi connectivity index (χ4v) is 4.34. The molecule has 0 saturated carbocycles. The van der Waals surface area contributed by atoms with Crippen LogP contribution in [0.1, 0.15) is 69.4 Å². The van der Waals surface area contributed by atoms with Gasteiger partial charge in [-0.1, -0.05) is 58.9 Å². The predicted molar refractivity (Wildman–Crippen MR) is 108 cm³/mol. The van der Waals surface area contributed by atoms with E-state index in [0.717, 1.165) is 36.1 Å². The number of ether oxygens (including phenoxy) is 1. The molecule has 0 aliphatic carbocycles. The fourth-order valence-electron chi connectivity index (χ4n) is 4.34. The van der Waals surface area contributed by atoms with E-state index in [9.17, 15) is 5.11 Å². The Morgan fingerprint density at radius 3 is 2.12 bits per heavy atom. The molecule has 140 valence electrons. The first-order valence-electron chi connectivity index (χ1n) is 10.0. The highest BCUT2D eigenvalue weighted by atomic mass is 16.5. The van der Waals surface area contributed by atoms with Crippen LogP contribution < -0.4 is 4.74 Å². The summed E-state index contributed by atoms with van der Waals surface area (Å²) in [7, 11) is 0. The van der Waals surface area contributed by atoms with Gasteiger partial charge in [-0.3, -0.25) is 0 Å². The van der Waals surface area contributed by atoms with Gasteiger partial charge in [-0.25, -0.2) is 0 Å². The Bertz CT molecular complexity index is 783. The summed E-state index contributed by atoms with van der Waals surface area (Å²) in [6, 6.07) is 11.1. The number of hydrogen-bond acceptors (Lipinski definition) is 2. The average molecular weight is 353 g/mol. The zero-order chi connectivity index (χ0) is 19.1. The number of fused-ring (bicyclic) bond motifs is 1. The van der Waals surface area contributed by atoms with Crippen LogP contribution in [0.3, 0.4) is 0 Å². The van der Waals surface area contributed by atoms with Crippen molar-refractivity contribution in [1.82, 2.24) is 0 Å². The van der Waals surface area contributed by atoms with E-state index in [0.29, 0.717) is 11.7 Å². The Morgan fingerprint density at radius 2 is 1.58 bits per heavy atom. The van der Waals surface area contributed by atoms with Crippen molar-refractivity contribution in [3.05, 3.63) is 58.1 Å². The van der Waals surface area contributed by atoms with Gasteiger partial charge >= 0.3 is 0 Å². The zero-order valence-electron chi connectivity index (χ0n) is 17.0. The van der Waals surface area contributed by atoms with Gasteiger partial charge in [0.15, 0.2) is 0 Å². The first-order valence-corrected chi connectivity index (χ1v) is 10.0. The third-order valence-electron chi connectivity index (χ3n) is 6.57. The second-order valence-electron chi connectivity index (χ2n) is 7.85. The maximum absolute atomic E-state index is 10.6. The molecule has 3 atom stereocenters. The van der Waals surface area contributed by atoms with Crippen molar-refractivity contribution in [2.24, 2.45) is 5.92 Å². The van der Waals surface area contributed by atoms with Crippen LogP contribution in [0.5, 0.6) is 11.5 Å². The summed E-state index contributed by atoms with van der Waals surface area (Å²) < 4.78 is 6.25. The van der Waals surface area contributed by atoms with E-state index in [-0.39, 0.29) is 11.5 Å². The van der Waals surface area contributed by atoms with Crippen LogP contribution >= 0.6 is 0 Å². The second kappa shape index (κ2) is 6.98. The van der Waals surface area contributed by atoms with Crippen molar-refractivity contribution >= 4 is 0 Å². The summed E-state index contributed by atoms with van der Waals surface area (Å²) in [4.78, 5) is 0. The van der Waals surface area contributed by atoms with Gasteiger partial charge < -0.3 is 9.84 Å². The van der Waals surface area contributed by atoms with Crippen molar-refractivity contribution in [2.45, 2.75) is 72.3 Å². The summed E-state index contributed by atoms with van der Waals surface area (Å²) in [5, 5.41) is 10.6. The van der Waals surface area contributed by atoms with Gasteiger partial charge in [0.2, 0.25) is 0 Å². The molecule has 1 N–H and O–H groups in total. The average Bonchev–Trinajstić information content (AvgIpc) is 2.66. The van der Waals surface area contributed by atoms with Gasteiger partial charge in [0.05, 0.1) is 6.10 Å². The lowest BCUT2D eigenvalue weighted by molar-refractivity contribution is 0.0939. The van der Waals surface area contributed by atoms with Crippen molar-refractivity contribution in [1.29, 1.82) is 0 Å². The summed E-state index contributed by atoms with van der Waals surface area (Å²) in [6.45, 7) is 13.2. The fraction of sp³-hybridized carbons (Fsp3) is 0.500. The van der Waals surface area contributed by atoms with Crippen LogP contribution in [-0.4, -0.2) is 11.2 Å². The maximum Gasteiger partial charge on any atom is 0.123 e. The number of aromatic hydroxyl groups is 1. The molecule has 0 bridgehead atoms. The minimum absolute atomic E-state index is 0.139. The molecule has 1 aliphatic heterocycles. The van der Waals surface area contributed by atoms with Crippen LogP contribution in [0.15, 0.2) is 30.3 Å². The van der Waals surface area contributed by atoms with Gasteiger partial charge in [0, 0.05) is 16.9 Å². The van der Waals surface area contributed by atoms with Crippen LogP contribution in [0.25, 0.3) is 0 Å². The topological polar surface area (TPSA) is 29.5 Å². The standard InChI is InChI=1S/C24H32O2/c1-7-17-10-11-22-21(12-17)24(6,15(4)16(5)26-22)20-13-18(8-2)23(25)19(9-3)14-20/h10-16,25H,7-9H2,1-6H3. The van der Waals surface area contributed by atoms with Crippen LogP contribution in [0.4, 0.5) is 0 Å². The number of aryl methyl sites for hydroxylation is 3. The van der Waals surface area contributed by atoms with E-state index in [4.69, 9.17) is 4.74 Å². The molecule has 2 heteroatoms. The molecule has 2 aromatic rings. The molecule has 3 unspecified atom stereocenters. The Kier molecular flexibility index (Phi) is 5.05. The second-order valence-corrected chi connectivity index (χ2v) is 7.85. The maximum atomic E-state index is 10.6. The first-order chi connectivity index (χ1) is 12.4. The lowest BCUT2D eigenvalue weighted by atomic mass is 9.64. The van der Waals surface area contributed by atoms with E-state index >= 15 is 0 Å². The third kappa shape index (κ3) is 2.80. The summed E-state index contributed by atoms with van der Waals surface area (Å²) in [5.74, 6) is 1.80. The highest BCUT2D eigenvalue weighted by molar-refractivity contribution is 5.54. The lowest BCUT2D eigenvalue weighted by Gasteiger charge is -2.45. The van der Waals surface area contributed by atoms with E-state index < -0.39 is 0 Å². The molecule has 0 fully saturated rings. The quantitative estimate of drug-likeness (QED) is 0.753. The molecule has 0 spiro atoms. The Labute approximate surface area is 158 Å². The van der Waals surface area contributed by atoms with Crippen LogP contribution in [0, 0.1) is 5.92 Å². The molecule has 0 aromatic heterocycles. The molecule has 0 radical (unpaired) electrons. The largest absolute Gasteiger partial charge is 0.507 e. The van der Waals surface area contributed by atoms with E-state index in [1.807, 2.05) is 0 Å². The van der Waals surface area contributed by atoms with Crippen LogP contribution in [0.2, 0.25) is 0 Å². The molecule has 0 saturated heterocycles. The van der Waals surface area contributed by atoms with E-state index in [1.165, 1.54) is 16.7 Å². The molecule has 1 aliphatic rings. The third-order valence-corrected chi connectivity index (χ3v) is 6.57. The molecule has 26 heavy (non-hydrogen) atoms. The smallest absolute Gasteiger partial charge is 0.123 e. The Hall–Kier alpha value is -1.96. The van der Waals surface area contributed by atoms with Gasteiger partial charge in [-0.15, -0.1) is 0 Å². The van der Waals surface area contributed by atoms with Gasteiger partial charge in [-0.2, -0.15) is 0 Å². The minimum Gasteiger partial charge on any atom is -0.507 e. The number of phenolic OH excluding ortho intramolecular Hbond substituents is 1. The normalized spacial score (nSPS) is 24.8. The first kappa shape index (κ1) is 18.8. The van der Waals surface area contributed by atoms with Crippen molar-refractivity contribution in [3.8, 4) is 11.5 Å². The van der Waals surface area contributed by atoms with Crippen molar-refractivity contribution < 1.29 is 9.84 Å². The summed E-state index contributed by atoms with van der Waals surface area (Å²) >= 11 is 0. The number of benzene rings is 2. The van der Waals surface area contributed by atoms with E-state index in [2.05, 4.69) is 71.9 Å². The van der Waals surface area contributed by atoms with Crippen molar-refractivity contribution in [3.63, 3.8) is 0 Å². The molecule has 3 rings (SSSR count). The van der Waals surface area contributed by atoms with E-state index in [1.54, 1.807) is 0 Å². The molecule has 0 amide bonds. The molecule has 2 aromatic carbocycles. The minimum atomic E-state index is -0.139. The lowest BCUT2D eigenvalue weighted by Crippen LogP contribution is -2.44. The predicted octanol–water partition coefficient (Wildman–Crippen LogP) is 5.80. The highest BCUT2D eigenvalue weighted by Crippen LogP contribution is 2.50. The molecule has 2 nitrogen and oxygen atoms in total. The van der Waals surface area contributed by atoms with Gasteiger partial charge in [0.1, 0.15) is 11.5 Å². The van der Waals surface area contributed by atoms with Crippen LogP contribution in [-0.2, 0) is 24.7 Å². The monoisotopic (exact) mass is 352 g/mol. The van der Waals surface area contributed by atoms with Gasteiger partial charge in [0.25, 0.3) is 0 Å². The molecule has 1 heterocycles. The molecular formula is C24H32O2. The Balaban J connectivity index is 2.29. The zero-order valence-corrected chi connectivity index (χ0v) is 17.0. The number of rotatable bonds is 4. The number of phenols is 1. The summed E-state index contributed by atoms with van der Waals surface area (Å²) in [5.41, 5.74) is 5.85. The number of hydrogen-bond donors (Lipinski definition) is 1.